The lowest BCUT2D eigenvalue weighted by Crippen LogP contribution is -2.15. The van der Waals surface area contributed by atoms with E-state index in [4.69, 9.17) is 9.26 Å². The van der Waals surface area contributed by atoms with Gasteiger partial charge in [0.25, 0.3) is 0 Å². The molecule has 0 saturated carbocycles. The van der Waals surface area contributed by atoms with Crippen molar-refractivity contribution in [3.63, 3.8) is 0 Å². The number of nitrogens with zero attached hydrogens (tertiary/aromatic N) is 1. The van der Waals surface area contributed by atoms with Crippen molar-refractivity contribution < 1.29 is 18.4 Å². The van der Waals surface area contributed by atoms with Crippen LogP contribution in [0.4, 0.5) is 10.1 Å². The van der Waals surface area contributed by atoms with Crippen LogP contribution in [0.15, 0.2) is 59.1 Å². The second-order valence-corrected chi connectivity index (χ2v) is 5.34. The summed E-state index contributed by atoms with van der Waals surface area (Å²) in [5.41, 5.74) is 1.80. The average molecular weight is 340 g/mol. The summed E-state index contributed by atoms with van der Waals surface area (Å²) < 4.78 is 23.7. The smallest absolute Gasteiger partial charge is 0.230 e. The van der Waals surface area contributed by atoms with Crippen LogP contribution in [0.1, 0.15) is 12.6 Å². The molecule has 128 valence electrons. The summed E-state index contributed by atoms with van der Waals surface area (Å²) in [7, 11) is 0. The van der Waals surface area contributed by atoms with Crippen LogP contribution in [0, 0.1) is 5.82 Å². The van der Waals surface area contributed by atoms with Crippen LogP contribution in [0.2, 0.25) is 0 Å². The molecular weight excluding hydrogens is 323 g/mol. The highest BCUT2D eigenvalue weighted by Gasteiger charge is 2.12. The first-order chi connectivity index (χ1) is 12.2. The number of carbonyl (C=O) groups excluding carboxylic acids is 1. The summed E-state index contributed by atoms with van der Waals surface area (Å²) in [5.74, 6) is 0.546. The van der Waals surface area contributed by atoms with E-state index in [1.54, 1.807) is 30.3 Å². The van der Waals surface area contributed by atoms with E-state index < -0.39 is 0 Å². The number of carbonyl (C=O) groups is 1. The van der Waals surface area contributed by atoms with E-state index in [1.165, 1.54) is 12.1 Å². The zero-order valence-electron chi connectivity index (χ0n) is 13.7. The van der Waals surface area contributed by atoms with Crippen molar-refractivity contribution in [2.24, 2.45) is 0 Å². The van der Waals surface area contributed by atoms with E-state index in [-0.39, 0.29) is 18.1 Å². The molecular formula is C19H17FN2O3. The van der Waals surface area contributed by atoms with Crippen LogP contribution in [-0.4, -0.2) is 17.7 Å². The lowest BCUT2D eigenvalue weighted by molar-refractivity contribution is -0.115. The maximum Gasteiger partial charge on any atom is 0.230 e. The van der Waals surface area contributed by atoms with Gasteiger partial charge in [0.15, 0.2) is 5.76 Å². The monoisotopic (exact) mass is 340 g/mol. The summed E-state index contributed by atoms with van der Waals surface area (Å²) in [4.78, 5) is 12.2. The number of ether oxygens (including phenoxy) is 1. The van der Waals surface area contributed by atoms with E-state index in [0.717, 1.165) is 0 Å². The van der Waals surface area contributed by atoms with E-state index in [9.17, 15) is 9.18 Å². The lowest BCUT2D eigenvalue weighted by Gasteiger charge is -2.10. The van der Waals surface area contributed by atoms with Crippen LogP contribution < -0.4 is 10.1 Å². The molecule has 2 aromatic carbocycles. The van der Waals surface area contributed by atoms with Gasteiger partial charge in [0.2, 0.25) is 5.91 Å². The SMILES string of the molecule is CCOc1ccccc1NC(=O)Cc1cc(-c2ccc(F)cc2)on1. The van der Waals surface area contributed by atoms with Crippen LogP contribution in [-0.2, 0) is 11.2 Å². The van der Waals surface area contributed by atoms with Crippen LogP contribution >= 0.6 is 0 Å². The lowest BCUT2D eigenvalue weighted by atomic mass is 10.1. The number of anilines is 1. The largest absolute Gasteiger partial charge is 0.492 e. The number of para-hydroxylation sites is 2. The van der Waals surface area contributed by atoms with Gasteiger partial charge in [-0.05, 0) is 43.3 Å². The quantitative estimate of drug-likeness (QED) is 0.735. The Morgan fingerprint density at radius 3 is 2.72 bits per heavy atom. The minimum Gasteiger partial charge on any atom is -0.492 e. The Bertz CT molecular complexity index is 859. The van der Waals surface area contributed by atoms with Crippen molar-refractivity contribution in [2.45, 2.75) is 13.3 Å². The maximum atomic E-state index is 13.0. The summed E-state index contributed by atoms with van der Waals surface area (Å²) in [6.07, 6.45) is 0.0607. The van der Waals surface area contributed by atoms with Crippen LogP contribution in [0.3, 0.4) is 0 Å². The van der Waals surface area contributed by atoms with Gasteiger partial charge >= 0.3 is 0 Å². The Morgan fingerprint density at radius 1 is 1.20 bits per heavy atom. The zero-order valence-corrected chi connectivity index (χ0v) is 13.7. The van der Waals surface area contributed by atoms with Crippen molar-refractivity contribution in [3.8, 4) is 17.1 Å². The Kier molecular flexibility index (Phi) is 5.09. The maximum absolute atomic E-state index is 13.0. The second kappa shape index (κ2) is 7.61. The zero-order chi connectivity index (χ0) is 17.6. The standard InChI is InChI=1S/C19H17FN2O3/c1-2-24-17-6-4-3-5-16(17)21-19(23)12-15-11-18(25-22-15)13-7-9-14(20)10-8-13/h3-11H,2,12H2,1H3,(H,21,23). The fraction of sp³-hybridized carbons (Fsp3) is 0.158. The predicted molar refractivity (Wildman–Crippen MR) is 91.8 cm³/mol. The van der Waals surface area contributed by atoms with E-state index in [2.05, 4.69) is 10.5 Å². The van der Waals surface area contributed by atoms with Gasteiger partial charge in [0.1, 0.15) is 11.6 Å². The Morgan fingerprint density at radius 2 is 1.96 bits per heavy atom. The first kappa shape index (κ1) is 16.7. The summed E-state index contributed by atoms with van der Waals surface area (Å²) in [5, 5.41) is 6.70. The Hall–Kier alpha value is -3.15. The second-order valence-electron chi connectivity index (χ2n) is 5.34. The number of aromatic nitrogens is 1. The number of benzene rings is 2. The molecule has 1 heterocycles. The van der Waals surface area contributed by atoms with Crippen LogP contribution in [0.5, 0.6) is 5.75 Å². The molecule has 0 spiro atoms. The number of halogens is 1. The third kappa shape index (κ3) is 4.23. The molecule has 25 heavy (non-hydrogen) atoms. The Balaban J connectivity index is 1.67. The van der Waals surface area contributed by atoms with E-state index in [0.29, 0.717) is 35.1 Å². The van der Waals surface area contributed by atoms with Gasteiger partial charge in [-0.3, -0.25) is 4.79 Å². The first-order valence-electron chi connectivity index (χ1n) is 7.89. The van der Waals surface area contributed by atoms with E-state index in [1.807, 2.05) is 19.1 Å². The number of amides is 1. The molecule has 6 heteroatoms. The summed E-state index contributed by atoms with van der Waals surface area (Å²) in [6.45, 7) is 2.39. The van der Waals surface area contributed by atoms with Crippen molar-refractivity contribution in [2.75, 3.05) is 11.9 Å². The van der Waals surface area contributed by atoms with Crippen LogP contribution in [0.25, 0.3) is 11.3 Å². The molecule has 1 aromatic heterocycles. The number of rotatable bonds is 6. The fourth-order valence-electron chi connectivity index (χ4n) is 2.36. The molecule has 0 saturated heterocycles. The van der Waals surface area contributed by atoms with E-state index >= 15 is 0 Å². The minimum absolute atomic E-state index is 0.0607. The van der Waals surface area contributed by atoms with Gasteiger partial charge in [-0.1, -0.05) is 17.3 Å². The molecule has 1 amide bonds. The average Bonchev–Trinajstić information content (AvgIpc) is 3.06. The highest BCUT2D eigenvalue weighted by molar-refractivity contribution is 5.93. The highest BCUT2D eigenvalue weighted by Crippen LogP contribution is 2.24. The molecule has 0 bridgehead atoms. The molecule has 0 aliphatic carbocycles. The fourth-order valence-corrected chi connectivity index (χ4v) is 2.36. The topological polar surface area (TPSA) is 64.4 Å². The normalized spacial score (nSPS) is 10.5. The van der Waals surface area contributed by atoms with Crippen molar-refractivity contribution in [1.82, 2.24) is 5.16 Å². The predicted octanol–water partition coefficient (Wildman–Crippen LogP) is 4.06. The number of hydrogen-bond donors (Lipinski definition) is 1. The molecule has 0 fully saturated rings. The number of nitrogens with one attached hydrogen (secondary N) is 1. The third-order valence-corrected chi connectivity index (χ3v) is 3.49. The summed E-state index contributed by atoms with van der Waals surface area (Å²) >= 11 is 0. The van der Waals surface area contributed by atoms with Gasteiger partial charge in [0, 0.05) is 11.6 Å². The molecule has 0 radical (unpaired) electrons. The third-order valence-electron chi connectivity index (χ3n) is 3.49. The molecule has 1 N–H and O–H groups in total. The number of hydrogen-bond acceptors (Lipinski definition) is 4. The van der Waals surface area contributed by atoms with Crippen molar-refractivity contribution >= 4 is 11.6 Å². The minimum atomic E-state index is -0.323. The molecule has 0 atom stereocenters. The van der Waals surface area contributed by atoms with Crippen molar-refractivity contribution in [3.05, 3.63) is 66.1 Å². The summed E-state index contributed by atoms with van der Waals surface area (Å²) in [6, 6.07) is 14.8. The van der Waals surface area contributed by atoms with Gasteiger partial charge < -0.3 is 14.6 Å². The molecule has 0 aliphatic rings. The van der Waals surface area contributed by atoms with Gasteiger partial charge in [-0.25, -0.2) is 4.39 Å². The molecule has 0 aliphatic heterocycles. The molecule has 3 aromatic rings. The highest BCUT2D eigenvalue weighted by atomic mass is 19.1. The molecule has 5 nitrogen and oxygen atoms in total. The molecule has 3 rings (SSSR count). The van der Waals surface area contributed by atoms with Crippen molar-refractivity contribution in [1.29, 1.82) is 0 Å². The molecule has 0 unspecified atom stereocenters. The van der Waals surface area contributed by atoms with Gasteiger partial charge in [0.05, 0.1) is 24.4 Å². The first-order valence-corrected chi connectivity index (χ1v) is 7.89. The Labute approximate surface area is 144 Å². The van der Waals surface area contributed by atoms with Gasteiger partial charge in [-0.2, -0.15) is 0 Å². The van der Waals surface area contributed by atoms with Gasteiger partial charge in [-0.15, -0.1) is 0 Å².